The number of thioether (sulfide) groups is 1. The van der Waals surface area contributed by atoms with Gasteiger partial charge in [-0.25, -0.2) is 4.98 Å². The molecule has 0 bridgehead atoms. The van der Waals surface area contributed by atoms with Gasteiger partial charge in [-0.15, -0.1) is 11.3 Å². The van der Waals surface area contributed by atoms with Gasteiger partial charge in [0.1, 0.15) is 5.75 Å². The van der Waals surface area contributed by atoms with Gasteiger partial charge < -0.3 is 5.11 Å². The van der Waals surface area contributed by atoms with Gasteiger partial charge in [0.25, 0.3) is 0 Å². The number of para-hydroxylation sites is 1. The maximum absolute atomic E-state index is 10.6. The highest BCUT2D eigenvalue weighted by molar-refractivity contribution is 8.00. The third kappa shape index (κ3) is 5.72. The third-order valence-electron chi connectivity index (χ3n) is 4.19. The lowest BCUT2D eigenvalue weighted by Gasteiger charge is -2.10. The van der Waals surface area contributed by atoms with E-state index in [2.05, 4.69) is 23.7 Å². The Bertz CT molecular complexity index is 1040. The second kappa shape index (κ2) is 10.8. The Morgan fingerprint density at radius 3 is 2.59 bits per heavy atom. The maximum atomic E-state index is 10.6. The van der Waals surface area contributed by atoms with Gasteiger partial charge in [-0.3, -0.25) is 0 Å². The summed E-state index contributed by atoms with van der Waals surface area (Å²) in [4.78, 5) is 4.64. The van der Waals surface area contributed by atoms with Gasteiger partial charge in [0.05, 0.1) is 21.9 Å². The van der Waals surface area contributed by atoms with Crippen molar-refractivity contribution in [3.05, 3.63) is 70.8 Å². The fraction of sp³-hybridized carbons (Fsp3) is 0.250. The van der Waals surface area contributed by atoms with E-state index in [4.69, 9.17) is 0 Å². The molecule has 3 rings (SSSR count). The number of aryl methyl sites for hydroxylation is 1. The summed E-state index contributed by atoms with van der Waals surface area (Å²) in [5, 5.41) is 19.9. The largest absolute Gasteiger partial charge is 0.507 e. The van der Waals surface area contributed by atoms with Gasteiger partial charge in [0, 0.05) is 11.3 Å². The maximum Gasteiger partial charge on any atom is 0.151 e. The minimum Gasteiger partial charge on any atom is -0.507 e. The van der Waals surface area contributed by atoms with Crippen LogP contribution in [0.3, 0.4) is 0 Å². The molecule has 150 valence electrons. The Balaban J connectivity index is 0.00000145. The van der Waals surface area contributed by atoms with E-state index >= 15 is 0 Å². The molecule has 3 nitrogen and oxygen atoms in total. The molecule has 0 fully saturated rings. The van der Waals surface area contributed by atoms with Crippen LogP contribution in [-0.2, 0) is 12.2 Å². The lowest BCUT2D eigenvalue weighted by atomic mass is 10.00. The van der Waals surface area contributed by atoms with Crippen LogP contribution in [-0.4, -0.2) is 10.1 Å². The van der Waals surface area contributed by atoms with Gasteiger partial charge in [0.15, 0.2) is 4.34 Å². The first-order chi connectivity index (χ1) is 14.0. The van der Waals surface area contributed by atoms with Crippen molar-refractivity contribution in [1.82, 2.24) is 4.98 Å². The van der Waals surface area contributed by atoms with Crippen molar-refractivity contribution >= 4 is 39.4 Å². The van der Waals surface area contributed by atoms with Crippen LogP contribution < -0.4 is 0 Å². The summed E-state index contributed by atoms with van der Waals surface area (Å²) in [6.07, 6.45) is 2.55. The molecule has 1 heterocycles. The average molecular weight is 423 g/mol. The van der Waals surface area contributed by atoms with Crippen LogP contribution in [0.2, 0.25) is 0 Å². The molecule has 0 unspecified atom stereocenters. The molecule has 0 aliphatic heterocycles. The number of hydrogen-bond acceptors (Lipinski definition) is 5. The normalized spacial score (nSPS) is 10.9. The number of nitriles is 1. The lowest BCUT2D eigenvalue weighted by molar-refractivity contribution is 0.464. The third-order valence-corrected chi connectivity index (χ3v) is 6.42. The van der Waals surface area contributed by atoms with E-state index in [-0.39, 0.29) is 0 Å². The monoisotopic (exact) mass is 422 g/mol. The van der Waals surface area contributed by atoms with Crippen molar-refractivity contribution in [3.8, 4) is 11.8 Å². The van der Waals surface area contributed by atoms with Gasteiger partial charge in [-0.2, -0.15) is 5.26 Å². The van der Waals surface area contributed by atoms with E-state index in [0.717, 1.165) is 43.2 Å². The van der Waals surface area contributed by atoms with Crippen LogP contribution in [0.15, 0.2) is 58.5 Å². The number of aromatic nitrogens is 1. The highest BCUT2D eigenvalue weighted by Crippen LogP contribution is 2.35. The van der Waals surface area contributed by atoms with Crippen molar-refractivity contribution in [2.24, 2.45) is 0 Å². The van der Waals surface area contributed by atoms with Crippen molar-refractivity contribution < 1.29 is 5.11 Å². The first-order valence-electron chi connectivity index (χ1n) is 9.62. The predicted molar refractivity (Wildman–Crippen MR) is 126 cm³/mol. The first kappa shape index (κ1) is 22.7. The van der Waals surface area contributed by atoms with Crippen molar-refractivity contribution in [3.63, 3.8) is 0 Å². The van der Waals surface area contributed by atoms with E-state index in [1.165, 1.54) is 0 Å². The zero-order valence-electron chi connectivity index (χ0n) is 17.3. The standard InChI is InChI=1S/C22H20N2OS2.C2H6/c1-4-16-9-15(10-17(12-23)14(2)3)11-18(21(16)25)13-26-22-24-19-7-5-6-8-20(19)27-22;1-2/h5-11,25H,2,4,13H2,1,3H3;1-2H3/b17-10+;. The van der Waals surface area contributed by atoms with Gasteiger partial charge in [-0.1, -0.05) is 51.2 Å². The number of thiazole rings is 1. The molecule has 0 atom stereocenters. The topological polar surface area (TPSA) is 56.9 Å². The van der Waals surface area contributed by atoms with E-state index in [1.807, 2.05) is 64.1 Å². The molecule has 2 aromatic carbocycles. The molecule has 0 aliphatic carbocycles. The van der Waals surface area contributed by atoms with E-state index in [9.17, 15) is 10.4 Å². The fourth-order valence-corrected chi connectivity index (χ4v) is 4.76. The lowest BCUT2D eigenvalue weighted by Crippen LogP contribution is -1.92. The Morgan fingerprint density at radius 1 is 1.28 bits per heavy atom. The molecule has 0 spiro atoms. The molecular formula is C24H26N2OS2. The summed E-state index contributed by atoms with van der Waals surface area (Å²) < 4.78 is 2.14. The highest BCUT2D eigenvalue weighted by Gasteiger charge is 2.11. The van der Waals surface area contributed by atoms with Gasteiger partial charge in [-0.05, 0) is 60.4 Å². The molecule has 0 saturated carbocycles. The van der Waals surface area contributed by atoms with Crippen LogP contribution in [0.5, 0.6) is 5.75 Å². The van der Waals surface area contributed by atoms with Crippen LogP contribution in [0.4, 0.5) is 0 Å². The van der Waals surface area contributed by atoms with Crippen LogP contribution in [0, 0.1) is 11.3 Å². The zero-order valence-corrected chi connectivity index (χ0v) is 19.0. The Hall–Kier alpha value is -2.55. The number of rotatable bonds is 6. The fourth-order valence-electron chi connectivity index (χ4n) is 2.72. The average Bonchev–Trinajstić information content (AvgIpc) is 3.16. The Morgan fingerprint density at radius 2 is 1.97 bits per heavy atom. The Labute approximate surface area is 181 Å². The summed E-state index contributed by atoms with van der Waals surface area (Å²) in [5.41, 5.74) is 4.91. The number of aromatic hydroxyl groups is 1. The van der Waals surface area contributed by atoms with Gasteiger partial charge >= 0.3 is 0 Å². The minimum absolute atomic E-state index is 0.331. The second-order valence-corrected chi connectivity index (χ2v) is 8.48. The molecular weight excluding hydrogens is 396 g/mol. The van der Waals surface area contributed by atoms with Crippen molar-refractivity contribution in [1.29, 1.82) is 5.26 Å². The SMILES string of the molecule is C=C(C)/C(C#N)=C/c1cc(CC)c(O)c(CSc2nc3ccccc3s2)c1.CC. The summed E-state index contributed by atoms with van der Waals surface area (Å²) in [5.74, 6) is 0.951. The van der Waals surface area contributed by atoms with E-state index in [1.54, 1.807) is 23.1 Å². The summed E-state index contributed by atoms with van der Waals surface area (Å²) in [6.45, 7) is 11.7. The molecule has 29 heavy (non-hydrogen) atoms. The van der Waals surface area contributed by atoms with Crippen LogP contribution >= 0.6 is 23.1 Å². The summed E-state index contributed by atoms with van der Waals surface area (Å²) in [6, 6.07) is 14.1. The zero-order chi connectivity index (χ0) is 21.4. The quantitative estimate of drug-likeness (QED) is 0.256. The highest BCUT2D eigenvalue weighted by atomic mass is 32.2. The molecule has 1 aromatic heterocycles. The van der Waals surface area contributed by atoms with Crippen LogP contribution in [0.1, 0.15) is 44.4 Å². The minimum atomic E-state index is 0.331. The molecule has 0 radical (unpaired) electrons. The smallest absolute Gasteiger partial charge is 0.151 e. The number of nitrogens with zero attached hydrogens (tertiary/aromatic N) is 2. The van der Waals surface area contributed by atoms with Crippen molar-refractivity contribution in [2.75, 3.05) is 0 Å². The van der Waals surface area contributed by atoms with E-state index in [0.29, 0.717) is 17.1 Å². The molecule has 5 heteroatoms. The molecule has 0 aliphatic rings. The number of phenols is 1. The van der Waals surface area contributed by atoms with E-state index < -0.39 is 0 Å². The second-order valence-electron chi connectivity index (χ2n) is 6.23. The number of allylic oxidation sites excluding steroid dienone is 2. The predicted octanol–water partition coefficient (Wildman–Crippen LogP) is 7.37. The molecule has 0 saturated heterocycles. The Kier molecular flexibility index (Phi) is 8.50. The van der Waals surface area contributed by atoms with Crippen molar-refractivity contribution in [2.45, 2.75) is 44.2 Å². The molecule has 1 N–H and O–H groups in total. The number of fused-ring (bicyclic) bond motifs is 1. The summed E-state index contributed by atoms with van der Waals surface area (Å²) in [7, 11) is 0. The first-order valence-corrected chi connectivity index (χ1v) is 11.4. The molecule has 3 aromatic rings. The van der Waals surface area contributed by atoms with Crippen LogP contribution in [0.25, 0.3) is 16.3 Å². The van der Waals surface area contributed by atoms with Gasteiger partial charge in [0.2, 0.25) is 0 Å². The number of benzene rings is 2. The molecule has 0 amide bonds. The number of phenolic OH excluding ortho intramolecular Hbond substituents is 1. The number of hydrogen-bond donors (Lipinski definition) is 1. The summed E-state index contributed by atoms with van der Waals surface area (Å²) >= 11 is 3.27.